The molecular weight excluding hydrogens is 476 g/mol. The Bertz CT molecular complexity index is 1210. The minimum Gasteiger partial charge on any atom is -0.470 e. The second-order valence-corrected chi connectivity index (χ2v) is 10.1. The molecule has 0 atom stereocenters. The van der Waals surface area contributed by atoms with Crippen LogP contribution in [0, 0.1) is 5.92 Å². The summed E-state index contributed by atoms with van der Waals surface area (Å²) in [6, 6.07) is 8.05. The lowest BCUT2D eigenvalue weighted by Crippen LogP contribution is -2.35. The molecule has 7 nitrogen and oxygen atoms in total. The molecule has 1 saturated heterocycles. The summed E-state index contributed by atoms with van der Waals surface area (Å²) in [4.78, 5) is 25.5. The normalized spacial score (nSPS) is 14.7. The summed E-state index contributed by atoms with van der Waals surface area (Å²) in [6.07, 6.45) is 10.4. The number of hydrogen-bond donors (Lipinski definition) is 0. The zero-order chi connectivity index (χ0) is 22.6. The van der Waals surface area contributed by atoms with Gasteiger partial charge in [0.1, 0.15) is 10.3 Å². The van der Waals surface area contributed by atoms with Gasteiger partial charge in [-0.05, 0) is 55.7 Å². The second kappa shape index (κ2) is 10.2. The molecule has 0 unspecified atom stereocenters. The Morgan fingerprint density at radius 3 is 2.61 bits per heavy atom. The molecule has 0 N–H and O–H groups in total. The van der Waals surface area contributed by atoms with E-state index >= 15 is 0 Å². The van der Waals surface area contributed by atoms with E-state index in [1.54, 1.807) is 24.2 Å². The Morgan fingerprint density at radius 2 is 1.88 bits per heavy atom. The van der Waals surface area contributed by atoms with E-state index in [4.69, 9.17) is 21.3 Å². The van der Waals surface area contributed by atoms with Crippen LogP contribution in [0.5, 0.6) is 5.19 Å². The molecule has 0 amide bonds. The number of thiazole rings is 1. The molecule has 4 aromatic rings. The number of pyridine rings is 2. The second-order valence-electron chi connectivity index (χ2n) is 7.86. The van der Waals surface area contributed by atoms with Crippen molar-refractivity contribution >= 4 is 51.0 Å². The van der Waals surface area contributed by atoms with Crippen molar-refractivity contribution in [3.8, 4) is 16.5 Å². The van der Waals surface area contributed by atoms with Crippen LogP contribution in [0.3, 0.4) is 0 Å². The molecule has 0 saturated carbocycles. The summed E-state index contributed by atoms with van der Waals surface area (Å²) in [5.74, 6) is 1.39. The maximum absolute atomic E-state index is 5.99. The zero-order valence-electron chi connectivity index (χ0n) is 18.1. The molecule has 0 aliphatic carbocycles. The van der Waals surface area contributed by atoms with Crippen LogP contribution in [-0.4, -0.2) is 50.9 Å². The fourth-order valence-corrected chi connectivity index (χ4v) is 5.15. The van der Waals surface area contributed by atoms with Crippen LogP contribution in [-0.2, 0) is 0 Å². The third-order valence-corrected chi connectivity index (χ3v) is 7.47. The first-order chi connectivity index (χ1) is 16.2. The van der Waals surface area contributed by atoms with E-state index in [9.17, 15) is 0 Å². The van der Waals surface area contributed by atoms with Gasteiger partial charge in [0.15, 0.2) is 0 Å². The van der Waals surface area contributed by atoms with E-state index < -0.39 is 0 Å². The van der Waals surface area contributed by atoms with Crippen LogP contribution in [0.1, 0.15) is 19.3 Å². The molecule has 10 heteroatoms. The summed E-state index contributed by atoms with van der Waals surface area (Å²) < 4.78 is 5.99. The lowest BCUT2D eigenvalue weighted by Gasteiger charge is -2.31. The predicted molar refractivity (Wildman–Crippen MR) is 135 cm³/mol. The third kappa shape index (κ3) is 5.37. The van der Waals surface area contributed by atoms with E-state index in [0.29, 0.717) is 22.7 Å². The van der Waals surface area contributed by atoms with E-state index in [2.05, 4.69) is 30.9 Å². The van der Waals surface area contributed by atoms with Crippen LogP contribution >= 0.6 is 34.7 Å². The molecular formula is C23H23ClN6OS2. The summed E-state index contributed by atoms with van der Waals surface area (Å²) >= 11 is 9.01. The lowest BCUT2D eigenvalue weighted by atomic mass is 9.94. The van der Waals surface area contributed by atoms with Gasteiger partial charge in [0.05, 0.1) is 34.7 Å². The average Bonchev–Trinajstić information content (AvgIpc) is 3.27. The maximum atomic E-state index is 5.99. The number of anilines is 1. The Morgan fingerprint density at radius 1 is 1.06 bits per heavy atom. The third-order valence-electron chi connectivity index (χ3n) is 5.73. The van der Waals surface area contributed by atoms with Gasteiger partial charge >= 0.3 is 0 Å². The molecule has 0 aromatic carbocycles. The number of hydrogen-bond acceptors (Lipinski definition) is 9. The van der Waals surface area contributed by atoms with Gasteiger partial charge in [-0.2, -0.15) is 0 Å². The minimum absolute atomic E-state index is 0.564. The van der Waals surface area contributed by atoms with Crippen molar-refractivity contribution in [3.63, 3.8) is 0 Å². The topological polar surface area (TPSA) is 76.9 Å². The van der Waals surface area contributed by atoms with Crippen LogP contribution < -0.4 is 9.64 Å². The highest BCUT2D eigenvalue weighted by atomic mass is 35.5. The highest BCUT2D eigenvalue weighted by Gasteiger charge is 2.21. The summed E-state index contributed by atoms with van der Waals surface area (Å²) in [5, 5.41) is 2.24. The molecule has 1 aliphatic heterocycles. The van der Waals surface area contributed by atoms with Crippen molar-refractivity contribution in [1.82, 2.24) is 24.9 Å². The quantitative estimate of drug-likeness (QED) is 0.304. The molecule has 1 aliphatic rings. The van der Waals surface area contributed by atoms with E-state index in [1.807, 2.05) is 30.7 Å². The molecule has 5 rings (SSSR count). The van der Waals surface area contributed by atoms with Crippen molar-refractivity contribution in [2.24, 2.45) is 5.92 Å². The van der Waals surface area contributed by atoms with Gasteiger partial charge < -0.3 is 9.64 Å². The van der Waals surface area contributed by atoms with Crippen LogP contribution in [0.15, 0.2) is 47.9 Å². The number of rotatable bonds is 7. The fraction of sp³-hybridized carbons (Fsp3) is 0.348. The summed E-state index contributed by atoms with van der Waals surface area (Å²) in [5.41, 5.74) is 2.76. The van der Waals surface area contributed by atoms with Gasteiger partial charge in [-0.3, -0.25) is 0 Å². The van der Waals surface area contributed by atoms with Crippen molar-refractivity contribution in [3.05, 3.63) is 47.9 Å². The number of fused-ring (bicyclic) bond motifs is 1. The first kappa shape index (κ1) is 22.3. The van der Waals surface area contributed by atoms with Crippen molar-refractivity contribution < 1.29 is 4.74 Å². The van der Waals surface area contributed by atoms with Gasteiger partial charge in [-0.25, -0.2) is 24.9 Å². The first-order valence-corrected chi connectivity index (χ1v) is 13.2. The number of piperidine rings is 1. The van der Waals surface area contributed by atoms with Crippen molar-refractivity contribution in [2.75, 3.05) is 30.9 Å². The average molecular weight is 499 g/mol. The number of aromatic nitrogens is 5. The van der Waals surface area contributed by atoms with Crippen LogP contribution in [0.4, 0.5) is 5.95 Å². The number of halogens is 1. The van der Waals surface area contributed by atoms with Crippen molar-refractivity contribution in [2.45, 2.75) is 24.3 Å². The zero-order valence-corrected chi connectivity index (χ0v) is 20.5. The molecule has 170 valence electrons. The van der Waals surface area contributed by atoms with Crippen LogP contribution in [0.25, 0.3) is 21.6 Å². The highest BCUT2D eigenvalue weighted by molar-refractivity contribution is 7.98. The number of ether oxygens (including phenoxy) is 1. The first-order valence-electron chi connectivity index (χ1n) is 10.8. The van der Waals surface area contributed by atoms with Gasteiger partial charge in [-0.15, -0.1) is 11.8 Å². The summed E-state index contributed by atoms with van der Waals surface area (Å²) in [7, 11) is 0. The lowest BCUT2D eigenvalue weighted by molar-refractivity contribution is 0.257. The molecule has 33 heavy (non-hydrogen) atoms. The summed E-state index contributed by atoms with van der Waals surface area (Å²) in [6.45, 7) is 2.56. The minimum atomic E-state index is 0.564. The Hall–Kier alpha value is -2.49. The molecule has 5 heterocycles. The number of thioether (sulfide) groups is 1. The smallest absolute Gasteiger partial charge is 0.275 e. The van der Waals surface area contributed by atoms with Gasteiger partial charge in [0.2, 0.25) is 5.95 Å². The largest absolute Gasteiger partial charge is 0.470 e. The predicted octanol–water partition coefficient (Wildman–Crippen LogP) is 5.60. The SMILES string of the molecule is CSc1ccc(-c2ccc3nc(OCCC4CCN(c5ncc(Cl)cn5)CC4)sc3n2)cn1. The van der Waals surface area contributed by atoms with E-state index in [1.165, 1.54) is 11.3 Å². The standard InChI is InChI=1S/C23H23ClN6OS2/c1-32-20-5-2-16(12-25-20)18-3-4-19-21(28-18)33-23(29-19)31-11-8-15-6-9-30(10-7-15)22-26-13-17(24)14-27-22/h2-5,12-15H,6-11H2,1H3. The highest BCUT2D eigenvalue weighted by Crippen LogP contribution is 2.30. The maximum Gasteiger partial charge on any atom is 0.275 e. The monoisotopic (exact) mass is 498 g/mol. The van der Waals surface area contributed by atoms with E-state index in [-0.39, 0.29) is 0 Å². The molecule has 1 fully saturated rings. The Kier molecular flexibility index (Phi) is 6.89. The van der Waals surface area contributed by atoms with E-state index in [0.717, 1.165) is 64.9 Å². The van der Waals surface area contributed by atoms with Gasteiger partial charge in [-0.1, -0.05) is 22.9 Å². The molecule has 0 spiro atoms. The van der Waals surface area contributed by atoms with Crippen molar-refractivity contribution in [1.29, 1.82) is 0 Å². The fourth-order valence-electron chi connectivity index (χ4n) is 3.88. The Labute approximate surface area is 205 Å². The van der Waals surface area contributed by atoms with Gasteiger partial charge in [0, 0.05) is 24.8 Å². The number of nitrogens with zero attached hydrogens (tertiary/aromatic N) is 6. The molecule has 4 aromatic heterocycles. The van der Waals surface area contributed by atoms with Gasteiger partial charge in [0.25, 0.3) is 5.19 Å². The van der Waals surface area contributed by atoms with Crippen LogP contribution in [0.2, 0.25) is 5.02 Å². The Balaban J connectivity index is 1.14. The molecule has 0 bridgehead atoms. The molecule has 0 radical (unpaired) electrons.